The zero-order chi connectivity index (χ0) is 14.0. The van der Waals surface area contributed by atoms with E-state index in [1.807, 2.05) is 6.07 Å². The molecule has 1 saturated heterocycles. The third-order valence-electron chi connectivity index (χ3n) is 3.74. The molecular formula is C15H23BrN2O. The van der Waals surface area contributed by atoms with E-state index in [1.54, 1.807) is 7.11 Å². The van der Waals surface area contributed by atoms with Crippen molar-refractivity contribution >= 4 is 21.6 Å². The highest BCUT2D eigenvalue weighted by Gasteiger charge is 2.28. The Morgan fingerprint density at radius 2 is 2.11 bits per heavy atom. The molecule has 106 valence electrons. The Labute approximate surface area is 124 Å². The van der Waals surface area contributed by atoms with Gasteiger partial charge in [0.25, 0.3) is 0 Å². The van der Waals surface area contributed by atoms with Crippen molar-refractivity contribution in [1.82, 2.24) is 5.32 Å². The number of ether oxygens (including phenoxy) is 1. The molecule has 0 bridgehead atoms. The van der Waals surface area contributed by atoms with Crippen LogP contribution in [-0.2, 0) is 0 Å². The minimum atomic E-state index is 0.514. The van der Waals surface area contributed by atoms with Crippen LogP contribution in [0.1, 0.15) is 20.8 Å². The van der Waals surface area contributed by atoms with E-state index in [2.05, 4.69) is 59.1 Å². The van der Waals surface area contributed by atoms with Gasteiger partial charge in [0.1, 0.15) is 5.75 Å². The summed E-state index contributed by atoms with van der Waals surface area (Å²) in [5, 5.41) is 3.57. The normalized spacial score (nSPS) is 23.8. The lowest BCUT2D eigenvalue weighted by Gasteiger charge is -2.43. The number of hydrogen-bond donors (Lipinski definition) is 1. The van der Waals surface area contributed by atoms with Crippen molar-refractivity contribution in [3.63, 3.8) is 0 Å². The van der Waals surface area contributed by atoms with Gasteiger partial charge >= 0.3 is 0 Å². The molecule has 4 heteroatoms. The van der Waals surface area contributed by atoms with Crippen LogP contribution in [-0.4, -0.2) is 32.3 Å². The summed E-state index contributed by atoms with van der Waals surface area (Å²) in [6, 6.07) is 7.34. The van der Waals surface area contributed by atoms with Crippen molar-refractivity contribution in [3.05, 3.63) is 22.7 Å². The summed E-state index contributed by atoms with van der Waals surface area (Å²) in [6.45, 7) is 8.87. The number of methoxy groups -OCH3 is 1. The molecule has 1 aromatic carbocycles. The van der Waals surface area contributed by atoms with Crippen LogP contribution < -0.4 is 15.0 Å². The first-order valence-corrected chi connectivity index (χ1v) is 7.65. The summed E-state index contributed by atoms with van der Waals surface area (Å²) < 4.78 is 6.44. The van der Waals surface area contributed by atoms with Crippen LogP contribution in [0.15, 0.2) is 22.7 Å². The van der Waals surface area contributed by atoms with Crippen molar-refractivity contribution < 1.29 is 4.74 Å². The van der Waals surface area contributed by atoms with E-state index in [1.165, 1.54) is 5.69 Å². The third kappa shape index (κ3) is 3.42. The van der Waals surface area contributed by atoms with E-state index in [9.17, 15) is 0 Å². The topological polar surface area (TPSA) is 24.5 Å². The van der Waals surface area contributed by atoms with Gasteiger partial charge in [-0.25, -0.2) is 0 Å². The lowest BCUT2D eigenvalue weighted by atomic mass is 9.98. The Hall–Kier alpha value is -0.740. The molecule has 0 amide bonds. The highest BCUT2D eigenvalue weighted by atomic mass is 79.9. The molecule has 1 heterocycles. The molecule has 0 spiro atoms. The first-order valence-electron chi connectivity index (χ1n) is 6.86. The number of anilines is 1. The summed E-state index contributed by atoms with van der Waals surface area (Å²) >= 11 is 3.57. The molecule has 2 unspecified atom stereocenters. The van der Waals surface area contributed by atoms with Gasteiger partial charge in [-0.2, -0.15) is 0 Å². The minimum absolute atomic E-state index is 0.514. The predicted octanol–water partition coefficient (Wildman–Crippen LogP) is 3.28. The van der Waals surface area contributed by atoms with Gasteiger partial charge in [-0.1, -0.05) is 29.8 Å². The monoisotopic (exact) mass is 326 g/mol. The smallest absolute Gasteiger partial charge is 0.122 e. The Balaban J connectivity index is 2.32. The van der Waals surface area contributed by atoms with E-state index in [0.717, 1.165) is 23.3 Å². The highest BCUT2D eigenvalue weighted by molar-refractivity contribution is 9.10. The Kier molecular flexibility index (Phi) is 4.74. The number of piperazine rings is 1. The molecule has 2 rings (SSSR count). The van der Waals surface area contributed by atoms with Crippen molar-refractivity contribution in [1.29, 1.82) is 0 Å². The standard InChI is InChI=1S/C15H23BrN2O/c1-10(2)15-8-17-11(3)9-18(15)13-5-12(16)6-14(7-13)19-4/h5-7,10-11,15,17H,8-9H2,1-4H3. The van der Waals surface area contributed by atoms with E-state index < -0.39 is 0 Å². The maximum absolute atomic E-state index is 5.38. The maximum Gasteiger partial charge on any atom is 0.122 e. The fourth-order valence-electron chi connectivity index (χ4n) is 2.65. The summed E-state index contributed by atoms with van der Waals surface area (Å²) in [6.07, 6.45) is 0. The molecule has 3 nitrogen and oxygen atoms in total. The zero-order valence-electron chi connectivity index (χ0n) is 12.1. The van der Waals surface area contributed by atoms with Gasteiger partial charge < -0.3 is 15.0 Å². The summed E-state index contributed by atoms with van der Waals surface area (Å²) in [5.41, 5.74) is 1.23. The van der Waals surface area contributed by atoms with Crippen LogP contribution in [0.2, 0.25) is 0 Å². The van der Waals surface area contributed by atoms with E-state index >= 15 is 0 Å². The van der Waals surface area contributed by atoms with Crippen molar-refractivity contribution in [2.45, 2.75) is 32.9 Å². The second kappa shape index (κ2) is 6.14. The lowest BCUT2D eigenvalue weighted by Crippen LogP contribution is -2.57. The zero-order valence-corrected chi connectivity index (χ0v) is 13.7. The van der Waals surface area contributed by atoms with Gasteiger partial charge in [-0.05, 0) is 25.0 Å². The van der Waals surface area contributed by atoms with Crippen LogP contribution in [0.4, 0.5) is 5.69 Å². The molecule has 2 atom stereocenters. The lowest BCUT2D eigenvalue weighted by molar-refractivity contribution is 0.348. The molecule has 0 saturated carbocycles. The molecule has 1 N–H and O–H groups in total. The van der Waals surface area contributed by atoms with E-state index in [4.69, 9.17) is 4.74 Å². The van der Waals surface area contributed by atoms with Crippen LogP contribution in [0.25, 0.3) is 0 Å². The fraction of sp³-hybridized carbons (Fsp3) is 0.600. The van der Waals surface area contributed by atoms with E-state index in [0.29, 0.717) is 18.0 Å². The maximum atomic E-state index is 5.38. The first kappa shape index (κ1) is 14.7. The highest BCUT2D eigenvalue weighted by Crippen LogP contribution is 2.30. The van der Waals surface area contributed by atoms with Gasteiger partial charge in [-0.15, -0.1) is 0 Å². The predicted molar refractivity (Wildman–Crippen MR) is 84.1 cm³/mol. The first-order chi connectivity index (χ1) is 9.01. The molecule has 0 aliphatic carbocycles. The SMILES string of the molecule is COc1cc(Br)cc(N2CC(C)NCC2C(C)C)c1. The van der Waals surface area contributed by atoms with Crippen LogP contribution in [0.5, 0.6) is 5.75 Å². The number of benzene rings is 1. The molecule has 0 radical (unpaired) electrons. The third-order valence-corrected chi connectivity index (χ3v) is 4.20. The average molecular weight is 327 g/mol. The Morgan fingerprint density at radius 3 is 2.74 bits per heavy atom. The van der Waals surface area contributed by atoms with Crippen LogP contribution in [0, 0.1) is 5.92 Å². The van der Waals surface area contributed by atoms with Crippen LogP contribution >= 0.6 is 15.9 Å². The molecule has 19 heavy (non-hydrogen) atoms. The van der Waals surface area contributed by atoms with Crippen LogP contribution in [0.3, 0.4) is 0 Å². The summed E-state index contributed by atoms with van der Waals surface area (Å²) in [7, 11) is 1.71. The van der Waals surface area contributed by atoms with Gasteiger partial charge in [0, 0.05) is 41.4 Å². The van der Waals surface area contributed by atoms with Crippen molar-refractivity contribution in [3.8, 4) is 5.75 Å². The molecule has 1 aliphatic heterocycles. The quantitative estimate of drug-likeness (QED) is 0.922. The average Bonchev–Trinajstić information content (AvgIpc) is 2.37. The van der Waals surface area contributed by atoms with Crippen molar-refractivity contribution in [2.75, 3.05) is 25.1 Å². The summed E-state index contributed by atoms with van der Waals surface area (Å²) in [5.74, 6) is 1.52. The molecular weight excluding hydrogens is 304 g/mol. The minimum Gasteiger partial charge on any atom is -0.497 e. The largest absolute Gasteiger partial charge is 0.497 e. The molecule has 1 aliphatic rings. The van der Waals surface area contributed by atoms with Gasteiger partial charge in [0.05, 0.1) is 7.11 Å². The number of hydrogen-bond acceptors (Lipinski definition) is 3. The second-order valence-electron chi connectivity index (χ2n) is 5.62. The Bertz CT molecular complexity index is 436. The number of nitrogens with zero attached hydrogens (tertiary/aromatic N) is 1. The van der Waals surface area contributed by atoms with E-state index in [-0.39, 0.29) is 0 Å². The Morgan fingerprint density at radius 1 is 1.37 bits per heavy atom. The second-order valence-corrected chi connectivity index (χ2v) is 6.54. The molecule has 1 aromatic rings. The van der Waals surface area contributed by atoms with Crippen molar-refractivity contribution in [2.24, 2.45) is 5.92 Å². The fourth-order valence-corrected chi connectivity index (χ4v) is 3.11. The van der Waals surface area contributed by atoms with Gasteiger partial charge in [0.2, 0.25) is 0 Å². The number of rotatable bonds is 3. The van der Waals surface area contributed by atoms with Gasteiger partial charge in [-0.3, -0.25) is 0 Å². The number of nitrogens with one attached hydrogen (secondary N) is 1. The molecule has 1 fully saturated rings. The molecule has 0 aromatic heterocycles. The summed E-state index contributed by atoms with van der Waals surface area (Å²) in [4.78, 5) is 2.50. The number of halogens is 1. The van der Waals surface area contributed by atoms with Gasteiger partial charge in [0.15, 0.2) is 0 Å².